The van der Waals surface area contributed by atoms with Gasteiger partial charge in [-0.1, -0.05) is 19.3 Å². The number of carbonyl (C=O) groups excluding carboxylic acids is 1. The Hall–Kier alpha value is -3.33. The number of benzene rings is 1. The Labute approximate surface area is 176 Å². The van der Waals surface area contributed by atoms with Crippen LogP contribution in [0.5, 0.6) is 0 Å². The first-order valence-corrected chi connectivity index (χ1v) is 10.3. The van der Waals surface area contributed by atoms with E-state index < -0.39 is 5.97 Å². The molecule has 1 saturated carbocycles. The van der Waals surface area contributed by atoms with E-state index >= 15 is 0 Å². The number of aromatic nitrogens is 1. The van der Waals surface area contributed by atoms with Crippen LogP contribution in [0.4, 0.5) is 0 Å². The quantitative estimate of drug-likeness (QED) is 0.567. The van der Waals surface area contributed by atoms with E-state index in [9.17, 15) is 20.0 Å². The van der Waals surface area contributed by atoms with Gasteiger partial charge < -0.3 is 15.0 Å². The lowest BCUT2D eigenvalue weighted by Gasteiger charge is -2.22. The number of rotatable bonds is 5. The number of aromatic carboxylic acids is 1. The second-order valence-corrected chi connectivity index (χ2v) is 7.95. The molecule has 0 saturated heterocycles. The second kappa shape index (κ2) is 9.00. The summed E-state index contributed by atoms with van der Waals surface area (Å²) in [6.45, 7) is 5.74. The highest BCUT2D eigenvalue weighted by Crippen LogP contribution is 2.26. The highest BCUT2D eigenvalue weighted by molar-refractivity contribution is 6.02. The van der Waals surface area contributed by atoms with Crippen LogP contribution in [0, 0.1) is 32.1 Å². The third-order valence-corrected chi connectivity index (χ3v) is 5.76. The van der Waals surface area contributed by atoms with Crippen LogP contribution in [-0.4, -0.2) is 27.6 Å². The Balaban J connectivity index is 1.91. The Morgan fingerprint density at radius 1 is 1.17 bits per heavy atom. The molecule has 6 nitrogen and oxygen atoms in total. The lowest BCUT2D eigenvalue weighted by molar-refractivity contribution is -0.117. The van der Waals surface area contributed by atoms with Gasteiger partial charge in [0.2, 0.25) is 0 Å². The number of hydrogen-bond donors (Lipinski definition) is 2. The highest BCUT2D eigenvalue weighted by atomic mass is 16.4. The number of carbonyl (C=O) groups is 2. The van der Waals surface area contributed by atoms with Crippen LogP contribution in [-0.2, 0) is 4.79 Å². The van der Waals surface area contributed by atoms with Crippen molar-refractivity contribution in [1.29, 1.82) is 5.26 Å². The number of carboxylic acids is 1. The number of aryl methyl sites for hydroxylation is 2. The van der Waals surface area contributed by atoms with Gasteiger partial charge in [-0.15, -0.1) is 0 Å². The molecular weight excluding hydrogens is 378 g/mol. The van der Waals surface area contributed by atoms with Crippen LogP contribution in [0.15, 0.2) is 29.8 Å². The molecule has 1 aromatic carbocycles. The molecule has 30 heavy (non-hydrogen) atoms. The summed E-state index contributed by atoms with van der Waals surface area (Å²) < 4.78 is 2.01. The molecule has 1 aromatic heterocycles. The van der Waals surface area contributed by atoms with E-state index in [2.05, 4.69) is 5.32 Å². The first-order chi connectivity index (χ1) is 14.3. The minimum Gasteiger partial charge on any atom is -0.478 e. The normalized spacial score (nSPS) is 14.9. The number of carboxylic acid groups (broad SMARTS) is 1. The molecule has 1 aliphatic rings. The van der Waals surface area contributed by atoms with Gasteiger partial charge in [-0.05, 0) is 75.1 Å². The molecular formula is C24H27N3O3. The SMILES string of the molecule is Cc1cc(C(=O)O)ccc1-n1c(C)cc(/C=C(/C#N)C(=O)NC2CCCCC2)c1C. The van der Waals surface area contributed by atoms with Gasteiger partial charge >= 0.3 is 5.97 Å². The summed E-state index contributed by atoms with van der Waals surface area (Å²) in [7, 11) is 0. The van der Waals surface area contributed by atoms with Crippen molar-refractivity contribution >= 4 is 18.0 Å². The minimum atomic E-state index is -0.961. The number of hydrogen-bond acceptors (Lipinski definition) is 3. The number of amides is 1. The molecule has 0 radical (unpaired) electrons. The van der Waals surface area contributed by atoms with Gasteiger partial charge in [0.05, 0.1) is 5.56 Å². The molecule has 3 rings (SSSR count). The Kier molecular flexibility index (Phi) is 6.41. The Morgan fingerprint density at radius 3 is 2.47 bits per heavy atom. The average molecular weight is 405 g/mol. The van der Waals surface area contributed by atoms with E-state index in [1.807, 2.05) is 37.5 Å². The van der Waals surface area contributed by atoms with E-state index in [-0.39, 0.29) is 23.1 Å². The van der Waals surface area contributed by atoms with Crippen molar-refractivity contribution in [3.8, 4) is 11.8 Å². The molecule has 6 heteroatoms. The zero-order valence-electron chi connectivity index (χ0n) is 17.7. The lowest BCUT2D eigenvalue weighted by Crippen LogP contribution is -2.36. The Morgan fingerprint density at radius 2 is 1.87 bits per heavy atom. The van der Waals surface area contributed by atoms with Crippen LogP contribution in [0.3, 0.4) is 0 Å². The second-order valence-electron chi connectivity index (χ2n) is 7.95. The van der Waals surface area contributed by atoms with Crippen LogP contribution in [0.25, 0.3) is 11.8 Å². The maximum absolute atomic E-state index is 12.6. The fourth-order valence-electron chi connectivity index (χ4n) is 4.16. The molecule has 2 aromatic rings. The van der Waals surface area contributed by atoms with E-state index in [0.29, 0.717) is 0 Å². The topological polar surface area (TPSA) is 95.1 Å². The van der Waals surface area contributed by atoms with Crippen molar-refractivity contribution in [3.05, 3.63) is 57.9 Å². The maximum atomic E-state index is 12.6. The van der Waals surface area contributed by atoms with Gasteiger partial charge in [-0.3, -0.25) is 4.79 Å². The van der Waals surface area contributed by atoms with Crippen molar-refractivity contribution in [1.82, 2.24) is 9.88 Å². The Bertz CT molecular complexity index is 1050. The zero-order chi connectivity index (χ0) is 21.8. The van der Waals surface area contributed by atoms with Crippen molar-refractivity contribution in [2.24, 2.45) is 0 Å². The summed E-state index contributed by atoms with van der Waals surface area (Å²) in [4.78, 5) is 23.8. The van der Waals surface area contributed by atoms with E-state index in [0.717, 1.165) is 53.9 Å². The largest absolute Gasteiger partial charge is 0.478 e. The summed E-state index contributed by atoms with van der Waals surface area (Å²) in [5, 5.41) is 21.7. The van der Waals surface area contributed by atoms with E-state index in [1.54, 1.807) is 24.3 Å². The average Bonchev–Trinajstić information content (AvgIpc) is 2.99. The van der Waals surface area contributed by atoms with Crippen LogP contribution in [0.2, 0.25) is 0 Å². The molecule has 1 fully saturated rings. The molecule has 1 aliphatic carbocycles. The maximum Gasteiger partial charge on any atom is 0.335 e. The monoisotopic (exact) mass is 405 g/mol. The van der Waals surface area contributed by atoms with Gasteiger partial charge in [-0.2, -0.15) is 5.26 Å². The van der Waals surface area contributed by atoms with Crippen molar-refractivity contribution in [2.75, 3.05) is 0 Å². The predicted octanol–water partition coefficient (Wildman–Crippen LogP) is 4.46. The van der Waals surface area contributed by atoms with Gasteiger partial charge in [0.15, 0.2) is 0 Å². The molecule has 2 N–H and O–H groups in total. The predicted molar refractivity (Wildman–Crippen MR) is 116 cm³/mol. The fourth-order valence-corrected chi connectivity index (χ4v) is 4.16. The number of nitriles is 1. The zero-order valence-corrected chi connectivity index (χ0v) is 17.7. The summed E-state index contributed by atoms with van der Waals surface area (Å²) >= 11 is 0. The first kappa shape index (κ1) is 21.4. The van der Waals surface area contributed by atoms with Gasteiger partial charge in [0.1, 0.15) is 11.6 Å². The molecule has 0 bridgehead atoms. The summed E-state index contributed by atoms with van der Waals surface area (Å²) in [5.74, 6) is -1.28. The van der Waals surface area contributed by atoms with Gasteiger partial charge in [0, 0.05) is 23.1 Å². The van der Waals surface area contributed by atoms with Crippen molar-refractivity contribution in [2.45, 2.75) is 58.9 Å². The van der Waals surface area contributed by atoms with Gasteiger partial charge in [-0.25, -0.2) is 4.79 Å². The smallest absolute Gasteiger partial charge is 0.335 e. The summed E-state index contributed by atoms with van der Waals surface area (Å²) in [6.07, 6.45) is 6.98. The molecule has 0 atom stereocenters. The van der Waals surface area contributed by atoms with Crippen LogP contribution >= 0.6 is 0 Å². The lowest BCUT2D eigenvalue weighted by atomic mass is 9.95. The number of nitrogens with one attached hydrogen (secondary N) is 1. The molecule has 0 unspecified atom stereocenters. The van der Waals surface area contributed by atoms with Gasteiger partial charge in [0.25, 0.3) is 5.91 Å². The van der Waals surface area contributed by atoms with Crippen LogP contribution < -0.4 is 5.32 Å². The van der Waals surface area contributed by atoms with Crippen molar-refractivity contribution < 1.29 is 14.7 Å². The number of nitrogens with zero attached hydrogens (tertiary/aromatic N) is 2. The highest BCUT2D eigenvalue weighted by Gasteiger charge is 2.19. The minimum absolute atomic E-state index is 0.0961. The summed E-state index contributed by atoms with van der Waals surface area (Å²) in [5.41, 5.74) is 4.67. The molecule has 0 spiro atoms. The third kappa shape index (κ3) is 4.46. The van der Waals surface area contributed by atoms with Crippen LogP contribution in [0.1, 0.15) is 65.0 Å². The van der Waals surface area contributed by atoms with E-state index in [4.69, 9.17) is 0 Å². The molecule has 0 aliphatic heterocycles. The van der Waals surface area contributed by atoms with Crippen molar-refractivity contribution in [3.63, 3.8) is 0 Å². The molecule has 1 amide bonds. The fraction of sp³-hybridized carbons (Fsp3) is 0.375. The molecule has 1 heterocycles. The molecule has 156 valence electrons. The first-order valence-electron chi connectivity index (χ1n) is 10.3. The standard InChI is InChI=1S/C24H27N3O3/c1-15-11-18(24(29)30)9-10-22(15)27-16(2)12-19(17(27)3)13-20(14-25)23(28)26-21-7-5-4-6-8-21/h9-13,21H,4-8H2,1-3H3,(H,26,28)(H,29,30)/b20-13-. The van der Waals surface area contributed by atoms with E-state index in [1.165, 1.54) is 6.42 Å². The third-order valence-electron chi connectivity index (χ3n) is 5.76. The summed E-state index contributed by atoms with van der Waals surface area (Å²) in [6, 6.07) is 9.13.